The second kappa shape index (κ2) is 11.4. The van der Waals surface area contributed by atoms with E-state index in [1.54, 1.807) is 11.9 Å². The summed E-state index contributed by atoms with van der Waals surface area (Å²) in [5.74, 6) is 1.70. The number of rotatable bonds is 7. The number of nitrogens with zero attached hydrogens (tertiary/aromatic N) is 2. The van der Waals surface area contributed by atoms with Gasteiger partial charge in [-0.05, 0) is 57.7 Å². The van der Waals surface area contributed by atoms with Crippen LogP contribution in [0.5, 0.6) is 5.75 Å². The van der Waals surface area contributed by atoms with Crippen molar-refractivity contribution in [2.75, 3.05) is 33.3 Å². The first-order chi connectivity index (χ1) is 13.5. The van der Waals surface area contributed by atoms with Gasteiger partial charge in [0.05, 0.1) is 12.7 Å². The van der Waals surface area contributed by atoms with E-state index in [4.69, 9.17) is 9.47 Å². The van der Waals surface area contributed by atoms with E-state index in [2.05, 4.69) is 27.8 Å². The molecule has 1 aliphatic rings. The van der Waals surface area contributed by atoms with Gasteiger partial charge in [0.25, 0.3) is 0 Å². The Hall–Kier alpha value is -2.44. The van der Waals surface area contributed by atoms with Crippen LogP contribution >= 0.6 is 0 Å². The molecule has 0 aliphatic carbocycles. The Morgan fingerprint density at radius 3 is 2.50 bits per heavy atom. The summed E-state index contributed by atoms with van der Waals surface area (Å²) in [4.78, 5) is 17.9. The molecule has 0 atom stereocenters. The average Bonchev–Trinajstić information content (AvgIpc) is 2.69. The van der Waals surface area contributed by atoms with Gasteiger partial charge in [0.1, 0.15) is 5.75 Å². The third-order valence-electron chi connectivity index (χ3n) is 4.59. The van der Waals surface area contributed by atoms with Crippen molar-refractivity contribution in [2.24, 2.45) is 4.99 Å². The summed E-state index contributed by atoms with van der Waals surface area (Å²) in [7, 11) is 1.78. The minimum Gasteiger partial charge on any atom is -0.491 e. The lowest BCUT2D eigenvalue weighted by Gasteiger charge is -2.32. The number of amides is 1. The second-order valence-corrected chi connectivity index (χ2v) is 7.16. The highest BCUT2D eigenvalue weighted by atomic mass is 16.6. The van der Waals surface area contributed by atoms with Crippen molar-refractivity contribution in [3.8, 4) is 5.75 Å². The Morgan fingerprint density at radius 1 is 1.25 bits per heavy atom. The Labute approximate surface area is 168 Å². The molecule has 156 valence electrons. The zero-order valence-corrected chi connectivity index (χ0v) is 17.5. The summed E-state index contributed by atoms with van der Waals surface area (Å²) in [5.41, 5.74) is 1.25. The van der Waals surface area contributed by atoms with Crippen LogP contribution in [-0.2, 0) is 11.2 Å². The monoisotopic (exact) mass is 390 g/mol. The Kier molecular flexibility index (Phi) is 8.91. The van der Waals surface area contributed by atoms with E-state index in [0.717, 1.165) is 37.5 Å². The van der Waals surface area contributed by atoms with Crippen molar-refractivity contribution in [3.05, 3.63) is 29.8 Å². The van der Waals surface area contributed by atoms with Gasteiger partial charge in [0, 0.05) is 32.7 Å². The third-order valence-corrected chi connectivity index (χ3v) is 4.59. The van der Waals surface area contributed by atoms with E-state index in [-0.39, 0.29) is 12.2 Å². The highest BCUT2D eigenvalue weighted by Crippen LogP contribution is 2.14. The van der Waals surface area contributed by atoms with E-state index in [1.807, 2.05) is 32.9 Å². The molecule has 0 saturated carbocycles. The largest absolute Gasteiger partial charge is 0.491 e. The maximum absolute atomic E-state index is 11.8. The predicted molar refractivity (Wildman–Crippen MR) is 112 cm³/mol. The molecule has 1 saturated heterocycles. The molecule has 7 nitrogen and oxygen atoms in total. The molecule has 0 aromatic heterocycles. The second-order valence-electron chi connectivity index (χ2n) is 7.16. The molecule has 0 spiro atoms. The molecule has 7 heteroatoms. The lowest BCUT2D eigenvalue weighted by Crippen LogP contribution is -2.50. The minimum absolute atomic E-state index is 0.186. The highest BCUT2D eigenvalue weighted by molar-refractivity contribution is 5.80. The summed E-state index contributed by atoms with van der Waals surface area (Å²) in [5, 5.41) is 6.82. The first-order valence-electron chi connectivity index (χ1n) is 10.2. The van der Waals surface area contributed by atoms with E-state index < -0.39 is 0 Å². The van der Waals surface area contributed by atoms with Gasteiger partial charge in [-0.1, -0.05) is 12.1 Å². The first kappa shape index (κ1) is 21.9. The van der Waals surface area contributed by atoms with E-state index >= 15 is 0 Å². The quantitative estimate of drug-likeness (QED) is 0.553. The van der Waals surface area contributed by atoms with Gasteiger partial charge in [0.2, 0.25) is 0 Å². The minimum atomic E-state index is -0.215. The smallest absolute Gasteiger partial charge is 0.409 e. The number of nitrogens with one attached hydrogen (secondary N) is 2. The number of hydrogen-bond donors (Lipinski definition) is 2. The van der Waals surface area contributed by atoms with Crippen LogP contribution in [0.4, 0.5) is 4.79 Å². The first-order valence-corrected chi connectivity index (χ1v) is 10.2. The molecular formula is C21H34N4O3. The molecule has 1 aromatic rings. The number of likely N-dealkylation sites (tertiary alicyclic amines) is 1. The molecule has 2 N–H and O–H groups in total. The zero-order chi connectivity index (χ0) is 20.4. The molecule has 1 heterocycles. The van der Waals surface area contributed by atoms with Crippen molar-refractivity contribution < 1.29 is 14.3 Å². The van der Waals surface area contributed by atoms with Crippen molar-refractivity contribution in [3.63, 3.8) is 0 Å². The van der Waals surface area contributed by atoms with Gasteiger partial charge in [-0.3, -0.25) is 4.99 Å². The third kappa shape index (κ3) is 7.29. The lowest BCUT2D eigenvalue weighted by molar-refractivity contribution is 0.0963. The molecule has 1 aliphatic heterocycles. The molecule has 0 radical (unpaired) electrons. The number of benzene rings is 1. The van der Waals surface area contributed by atoms with Gasteiger partial charge in [-0.15, -0.1) is 0 Å². The fourth-order valence-electron chi connectivity index (χ4n) is 3.14. The Bertz CT molecular complexity index is 623. The maximum atomic E-state index is 11.8. The Morgan fingerprint density at radius 2 is 1.93 bits per heavy atom. The van der Waals surface area contributed by atoms with Gasteiger partial charge < -0.3 is 25.0 Å². The molecular weight excluding hydrogens is 356 g/mol. The number of hydrogen-bond acceptors (Lipinski definition) is 4. The SMILES string of the molecule is CCOC(=O)N1CCC(NC(=NC)NCCc2ccc(OC(C)C)cc2)CC1. The van der Waals surface area contributed by atoms with E-state index in [0.29, 0.717) is 25.7 Å². The van der Waals surface area contributed by atoms with Gasteiger partial charge in [0.15, 0.2) is 5.96 Å². The Balaban J connectivity index is 1.70. The van der Waals surface area contributed by atoms with Gasteiger partial charge >= 0.3 is 6.09 Å². The zero-order valence-electron chi connectivity index (χ0n) is 17.5. The summed E-state index contributed by atoms with van der Waals surface area (Å²) >= 11 is 0. The highest BCUT2D eigenvalue weighted by Gasteiger charge is 2.23. The van der Waals surface area contributed by atoms with Crippen LogP contribution in [0.3, 0.4) is 0 Å². The average molecular weight is 391 g/mol. The van der Waals surface area contributed by atoms with Gasteiger partial charge in [-0.2, -0.15) is 0 Å². The van der Waals surface area contributed by atoms with Crippen LogP contribution in [0.15, 0.2) is 29.3 Å². The number of carbonyl (C=O) groups excluding carboxylic acids is 1. The summed E-state index contributed by atoms with van der Waals surface area (Å²) in [6, 6.07) is 8.53. The van der Waals surface area contributed by atoms with Crippen molar-refractivity contribution >= 4 is 12.1 Å². The van der Waals surface area contributed by atoms with Crippen LogP contribution in [0.25, 0.3) is 0 Å². The molecule has 0 unspecified atom stereocenters. The summed E-state index contributed by atoms with van der Waals surface area (Å²) < 4.78 is 10.7. The standard InChI is InChI=1S/C21H34N4O3/c1-5-27-21(26)25-14-11-18(12-15-25)24-20(22-4)23-13-10-17-6-8-19(9-7-17)28-16(2)3/h6-9,16,18H,5,10-15H2,1-4H3,(H2,22,23,24). The number of piperidine rings is 1. The van der Waals surface area contributed by atoms with E-state index in [9.17, 15) is 4.79 Å². The van der Waals surface area contributed by atoms with Crippen molar-refractivity contribution in [1.29, 1.82) is 0 Å². The fraction of sp³-hybridized carbons (Fsp3) is 0.619. The number of carbonyl (C=O) groups is 1. The topological polar surface area (TPSA) is 75.2 Å². The van der Waals surface area contributed by atoms with Crippen LogP contribution in [-0.4, -0.2) is 62.4 Å². The van der Waals surface area contributed by atoms with Gasteiger partial charge in [-0.25, -0.2) is 4.79 Å². The molecule has 0 bridgehead atoms. The molecule has 1 amide bonds. The van der Waals surface area contributed by atoms with Crippen molar-refractivity contribution in [1.82, 2.24) is 15.5 Å². The number of aliphatic imine (C=N–C) groups is 1. The summed E-state index contributed by atoms with van der Waals surface area (Å²) in [6.07, 6.45) is 2.65. The number of guanidine groups is 1. The fourth-order valence-corrected chi connectivity index (χ4v) is 3.14. The van der Waals surface area contributed by atoms with Crippen LogP contribution in [0.1, 0.15) is 39.2 Å². The van der Waals surface area contributed by atoms with E-state index in [1.165, 1.54) is 5.56 Å². The molecule has 28 heavy (non-hydrogen) atoms. The number of ether oxygens (including phenoxy) is 2. The normalized spacial score (nSPS) is 15.5. The van der Waals surface area contributed by atoms with Crippen molar-refractivity contribution in [2.45, 2.75) is 52.2 Å². The maximum Gasteiger partial charge on any atom is 0.409 e. The van der Waals surface area contributed by atoms with Crippen LogP contribution in [0, 0.1) is 0 Å². The molecule has 2 rings (SSSR count). The summed E-state index contributed by atoms with van der Waals surface area (Å²) in [6.45, 7) is 8.51. The molecule has 1 aromatic carbocycles. The molecule has 1 fully saturated rings. The van der Waals surface area contributed by atoms with Crippen LogP contribution < -0.4 is 15.4 Å². The van der Waals surface area contributed by atoms with Crippen LogP contribution in [0.2, 0.25) is 0 Å². The lowest BCUT2D eigenvalue weighted by atomic mass is 10.1. The predicted octanol–water partition coefficient (Wildman–Crippen LogP) is 2.80.